The van der Waals surface area contributed by atoms with E-state index in [1.54, 1.807) is 54.6 Å². The Labute approximate surface area is 206 Å². The van der Waals surface area contributed by atoms with Crippen molar-refractivity contribution in [3.63, 3.8) is 0 Å². The normalized spacial score (nSPS) is 15.0. The van der Waals surface area contributed by atoms with Crippen molar-refractivity contribution >= 4 is 16.1 Å². The van der Waals surface area contributed by atoms with Crippen LogP contribution in [0, 0.1) is 0 Å². The van der Waals surface area contributed by atoms with Crippen LogP contribution in [-0.4, -0.2) is 38.5 Å². The zero-order valence-corrected chi connectivity index (χ0v) is 19.7. The van der Waals surface area contributed by atoms with Gasteiger partial charge < -0.3 is 19.5 Å². The molecular weight excluding hydrogens is 497 g/mol. The molecule has 1 aliphatic rings. The molecular formula is C25H22F3N2O5S-. The minimum absolute atomic E-state index is 0.0266. The number of alkyl halides is 3. The van der Waals surface area contributed by atoms with Crippen LogP contribution in [0.15, 0.2) is 77.7 Å². The van der Waals surface area contributed by atoms with Gasteiger partial charge in [-0.05, 0) is 48.7 Å². The molecule has 0 radical (unpaired) electrons. The summed E-state index contributed by atoms with van der Waals surface area (Å²) in [6.07, 6.45) is -6.08. The van der Waals surface area contributed by atoms with E-state index in [2.05, 4.69) is 4.72 Å². The Balaban J connectivity index is 1.65. The van der Waals surface area contributed by atoms with Crippen molar-refractivity contribution in [2.75, 3.05) is 13.1 Å². The highest BCUT2D eigenvalue weighted by Gasteiger charge is 2.38. The van der Waals surface area contributed by atoms with Crippen LogP contribution in [0.25, 0.3) is 11.1 Å². The Hall–Kier alpha value is -3.57. The predicted octanol–water partition coefficient (Wildman–Crippen LogP) is 4.25. The number of ether oxygens (including phenoxy) is 1. The van der Waals surface area contributed by atoms with Gasteiger partial charge in [-0.3, -0.25) is 0 Å². The van der Waals surface area contributed by atoms with Gasteiger partial charge in [0.15, 0.2) is 0 Å². The maximum absolute atomic E-state index is 14.0. The molecule has 190 valence electrons. The number of carboxylic acid groups (broad SMARTS) is 1. The number of benzene rings is 3. The van der Waals surface area contributed by atoms with Crippen molar-refractivity contribution in [3.8, 4) is 22.6 Å². The molecule has 0 unspecified atom stereocenters. The minimum Gasteiger partial charge on any atom is -0.530 e. The lowest BCUT2D eigenvalue weighted by Gasteiger charge is -2.33. The number of nitrogens with one attached hydrogen (secondary N) is 1. The smallest absolute Gasteiger partial charge is 0.417 e. The molecule has 1 heterocycles. The van der Waals surface area contributed by atoms with Crippen LogP contribution in [0.4, 0.5) is 18.0 Å². The first-order chi connectivity index (χ1) is 17.0. The topological polar surface area (TPSA) is 98.8 Å². The molecule has 3 aromatic carbocycles. The second kappa shape index (κ2) is 10.2. The Bertz CT molecular complexity index is 1340. The van der Waals surface area contributed by atoms with E-state index >= 15 is 0 Å². The monoisotopic (exact) mass is 519 g/mol. The number of piperidine rings is 1. The molecule has 1 amide bonds. The molecule has 1 saturated heterocycles. The first-order valence-corrected chi connectivity index (χ1v) is 12.5. The number of sulfonamides is 1. The van der Waals surface area contributed by atoms with Crippen molar-refractivity contribution in [2.24, 2.45) is 0 Å². The fraction of sp³-hybridized carbons (Fsp3) is 0.240. The van der Waals surface area contributed by atoms with Gasteiger partial charge in [0.05, 0.1) is 10.5 Å². The zero-order chi connectivity index (χ0) is 25.9. The van der Waals surface area contributed by atoms with E-state index in [4.69, 9.17) is 4.74 Å². The van der Waals surface area contributed by atoms with Crippen LogP contribution >= 0.6 is 0 Å². The predicted molar refractivity (Wildman–Crippen MR) is 124 cm³/mol. The van der Waals surface area contributed by atoms with Gasteiger partial charge in [-0.15, -0.1) is 0 Å². The number of hydrogen-bond acceptors (Lipinski definition) is 5. The number of para-hydroxylation sites is 2. The van der Waals surface area contributed by atoms with Crippen molar-refractivity contribution in [2.45, 2.75) is 30.0 Å². The average molecular weight is 520 g/mol. The molecule has 0 aliphatic carbocycles. The second-order valence-corrected chi connectivity index (χ2v) is 9.95. The highest BCUT2D eigenvalue weighted by atomic mass is 32.2. The van der Waals surface area contributed by atoms with E-state index in [9.17, 15) is 31.5 Å². The van der Waals surface area contributed by atoms with Crippen LogP contribution in [0.5, 0.6) is 11.5 Å². The largest absolute Gasteiger partial charge is 0.530 e. The first kappa shape index (κ1) is 25.5. The number of rotatable bonds is 6. The van der Waals surface area contributed by atoms with Gasteiger partial charge in [-0.25, -0.2) is 13.1 Å². The molecule has 1 aliphatic heterocycles. The molecule has 1 fully saturated rings. The van der Waals surface area contributed by atoms with Crippen LogP contribution in [0.3, 0.4) is 0 Å². The quantitative estimate of drug-likeness (QED) is 0.525. The molecule has 0 aromatic heterocycles. The molecule has 1 N–H and O–H groups in total. The van der Waals surface area contributed by atoms with Crippen LogP contribution in [-0.2, 0) is 16.2 Å². The third-order valence-electron chi connectivity index (χ3n) is 5.82. The maximum atomic E-state index is 14.0. The molecule has 11 heteroatoms. The molecule has 4 rings (SSSR count). The van der Waals surface area contributed by atoms with Crippen molar-refractivity contribution < 1.29 is 36.2 Å². The minimum atomic E-state index is -4.95. The highest BCUT2D eigenvalue weighted by molar-refractivity contribution is 7.89. The van der Waals surface area contributed by atoms with Crippen molar-refractivity contribution in [1.82, 2.24) is 9.62 Å². The SMILES string of the molecule is O=C([O-])N1CCC(NS(=O)(=O)c2ccc(-c3ccccc3Oc3ccccc3)cc2C(F)(F)F)CC1. The van der Waals surface area contributed by atoms with Crippen LogP contribution in [0.2, 0.25) is 0 Å². The molecule has 7 nitrogen and oxygen atoms in total. The summed E-state index contributed by atoms with van der Waals surface area (Å²) in [7, 11) is -4.55. The number of amides is 1. The summed E-state index contributed by atoms with van der Waals surface area (Å²) < 4.78 is 76.2. The van der Waals surface area contributed by atoms with E-state index in [0.717, 1.165) is 17.0 Å². The lowest BCUT2D eigenvalue weighted by atomic mass is 10.0. The lowest BCUT2D eigenvalue weighted by Crippen LogP contribution is -2.50. The third-order valence-corrected chi connectivity index (χ3v) is 7.40. The molecule has 0 spiro atoms. The summed E-state index contributed by atoms with van der Waals surface area (Å²) in [5.74, 6) is 0.805. The molecule has 36 heavy (non-hydrogen) atoms. The fourth-order valence-electron chi connectivity index (χ4n) is 4.03. The Morgan fingerprint density at radius 3 is 2.25 bits per heavy atom. The van der Waals surface area contributed by atoms with Gasteiger partial charge in [0.25, 0.3) is 0 Å². The molecule has 0 saturated carbocycles. The third kappa shape index (κ3) is 5.80. The van der Waals surface area contributed by atoms with Gasteiger partial charge in [-0.2, -0.15) is 13.2 Å². The first-order valence-electron chi connectivity index (χ1n) is 11.1. The Morgan fingerprint density at radius 2 is 1.61 bits per heavy atom. The van der Waals surface area contributed by atoms with Gasteiger partial charge >= 0.3 is 6.18 Å². The van der Waals surface area contributed by atoms with E-state index < -0.39 is 38.8 Å². The van der Waals surface area contributed by atoms with Gasteiger partial charge in [0.2, 0.25) is 10.0 Å². The van der Waals surface area contributed by atoms with Gasteiger partial charge in [-0.1, -0.05) is 42.5 Å². The van der Waals surface area contributed by atoms with Gasteiger partial charge in [0, 0.05) is 24.7 Å². The summed E-state index contributed by atoms with van der Waals surface area (Å²) in [6.45, 7) is 0.0531. The standard InChI is InChI=1S/C25H23F3N2O5S/c26-25(27,28)21-16-17(20-8-4-5-9-22(20)35-19-6-2-1-3-7-19)10-11-23(21)36(33,34)29-18-12-14-30(15-13-18)24(31)32/h1-11,16,18,29H,12-15H2,(H,31,32)/p-1. The molecule has 0 atom stereocenters. The van der Waals surface area contributed by atoms with Crippen LogP contribution < -0.4 is 14.6 Å². The average Bonchev–Trinajstić information content (AvgIpc) is 2.84. The second-order valence-electron chi connectivity index (χ2n) is 8.27. The van der Waals surface area contributed by atoms with E-state index in [-0.39, 0.29) is 31.5 Å². The van der Waals surface area contributed by atoms with Crippen LogP contribution in [0.1, 0.15) is 18.4 Å². The van der Waals surface area contributed by atoms with Crippen molar-refractivity contribution in [3.05, 3.63) is 78.4 Å². The number of halogens is 3. The summed E-state index contributed by atoms with van der Waals surface area (Å²) in [6, 6.07) is 17.6. The summed E-state index contributed by atoms with van der Waals surface area (Å²) in [5, 5.41) is 10.9. The molecule has 0 bridgehead atoms. The zero-order valence-electron chi connectivity index (χ0n) is 18.9. The fourth-order valence-corrected chi connectivity index (χ4v) is 5.54. The number of carbonyl (C=O) groups is 1. The summed E-state index contributed by atoms with van der Waals surface area (Å²) >= 11 is 0. The highest BCUT2D eigenvalue weighted by Crippen LogP contribution is 2.40. The van der Waals surface area contributed by atoms with E-state index in [1.165, 1.54) is 6.07 Å². The number of hydrogen-bond donors (Lipinski definition) is 1. The Morgan fingerprint density at radius 1 is 0.972 bits per heavy atom. The molecule has 3 aromatic rings. The lowest BCUT2D eigenvalue weighted by molar-refractivity contribution is -0.266. The van der Waals surface area contributed by atoms with E-state index in [0.29, 0.717) is 17.1 Å². The maximum Gasteiger partial charge on any atom is 0.417 e. The summed E-state index contributed by atoms with van der Waals surface area (Å²) in [5.41, 5.74) is -0.817. The summed E-state index contributed by atoms with van der Waals surface area (Å²) in [4.78, 5) is 11.1. The van der Waals surface area contributed by atoms with Crippen molar-refractivity contribution in [1.29, 1.82) is 0 Å². The van der Waals surface area contributed by atoms with E-state index in [1.807, 2.05) is 0 Å². The number of likely N-dealkylation sites (tertiary alicyclic amines) is 1. The Kier molecular flexibility index (Phi) is 7.23. The van der Waals surface area contributed by atoms with Gasteiger partial charge in [0.1, 0.15) is 17.6 Å². The number of carbonyl (C=O) groups excluding carboxylic acids is 1. The number of nitrogens with zero attached hydrogens (tertiary/aromatic N) is 1.